The predicted octanol–water partition coefficient (Wildman–Crippen LogP) is 4.50. The first-order chi connectivity index (χ1) is 12.0. The van der Waals surface area contributed by atoms with Gasteiger partial charge in [0.15, 0.2) is 0 Å². The van der Waals surface area contributed by atoms with Crippen molar-refractivity contribution in [1.82, 2.24) is 4.90 Å². The SMILES string of the molecule is Cc1cc(C)cc(NC(=O)O[C@@H]2C[C@H]3C[C@@H]2[C@H]2CCCCN2[C@H]3C)c1. The van der Waals surface area contributed by atoms with Crippen LogP contribution in [0, 0.1) is 25.7 Å². The summed E-state index contributed by atoms with van der Waals surface area (Å²) in [5, 5.41) is 2.94. The summed E-state index contributed by atoms with van der Waals surface area (Å²) in [7, 11) is 0. The molecule has 1 N–H and O–H groups in total. The summed E-state index contributed by atoms with van der Waals surface area (Å²) in [5.41, 5.74) is 3.13. The van der Waals surface area contributed by atoms with E-state index in [0.29, 0.717) is 23.9 Å². The van der Waals surface area contributed by atoms with Gasteiger partial charge in [-0.25, -0.2) is 4.79 Å². The predicted molar refractivity (Wildman–Crippen MR) is 99.8 cm³/mol. The third-order valence-electron chi connectivity index (χ3n) is 6.61. The van der Waals surface area contributed by atoms with Crippen molar-refractivity contribution in [2.75, 3.05) is 11.9 Å². The van der Waals surface area contributed by atoms with Crippen LogP contribution in [0.4, 0.5) is 10.5 Å². The van der Waals surface area contributed by atoms with E-state index in [0.717, 1.165) is 23.2 Å². The van der Waals surface area contributed by atoms with E-state index in [4.69, 9.17) is 4.74 Å². The molecule has 2 saturated heterocycles. The zero-order valence-electron chi connectivity index (χ0n) is 15.6. The number of piperidine rings is 2. The largest absolute Gasteiger partial charge is 0.446 e. The van der Waals surface area contributed by atoms with Gasteiger partial charge in [0, 0.05) is 23.7 Å². The lowest BCUT2D eigenvalue weighted by Gasteiger charge is -2.47. The van der Waals surface area contributed by atoms with Crippen molar-refractivity contribution in [2.45, 2.75) is 71.1 Å². The highest BCUT2D eigenvalue weighted by Gasteiger charge is 2.51. The molecule has 2 bridgehead atoms. The molecule has 2 heterocycles. The summed E-state index contributed by atoms with van der Waals surface area (Å²) < 4.78 is 5.93. The summed E-state index contributed by atoms with van der Waals surface area (Å²) in [6.45, 7) is 7.68. The number of fused-ring (bicyclic) bond motifs is 4. The number of nitrogens with zero attached hydrogens (tertiary/aromatic N) is 1. The van der Waals surface area contributed by atoms with Gasteiger partial charge in [0.2, 0.25) is 0 Å². The summed E-state index contributed by atoms with van der Waals surface area (Å²) in [5.74, 6) is 1.20. The summed E-state index contributed by atoms with van der Waals surface area (Å²) in [4.78, 5) is 15.2. The highest BCUT2D eigenvalue weighted by molar-refractivity contribution is 5.85. The third-order valence-corrected chi connectivity index (χ3v) is 6.61. The number of carbonyl (C=O) groups is 1. The standard InChI is InChI=1S/C21H30N2O2/c1-13-8-14(2)10-17(9-13)22-21(24)25-20-12-16-11-18(20)19-6-4-5-7-23(19)15(16)3/h8-10,15-16,18-20H,4-7,11-12H2,1-3H3,(H,22,24)/t15-,16+,18+,19+,20+/m0/s1. The lowest BCUT2D eigenvalue weighted by Crippen LogP contribution is -2.54. The number of anilines is 1. The second-order valence-corrected chi connectivity index (χ2v) is 8.38. The first kappa shape index (κ1) is 16.9. The van der Waals surface area contributed by atoms with Crippen LogP contribution < -0.4 is 5.32 Å². The normalized spacial score (nSPS) is 34.4. The highest BCUT2D eigenvalue weighted by Crippen LogP contribution is 2.48. The van der Waals surface area contributed by atoms with Crippen LogP contribution in [0.1, 0.15) is 50.2 Å². The smallest absolute Gasteiger partial charge is 0.411 e. The number of amides is 1. The number of aryl methyl sites for hydroxylation is 2. The molecule has 0 aromatic heterocycles. The number of nitrogens with one attached hydrogen (secondary N) is 1. The van der Waals surface area contributed by atoms with Crippen molar-refractivity contribution in [2.24, 2.45) is 11.8 Å². The number of ether oxygens (including phenoxy) is 1. The summed E-state index contributed by atoms with van der Waals surface area (Å²) in [6, 6.07) is 7.34. The number of rotatable bonds is 2. The molecule has 5 atom stereocenters. The fourth-order valence-electron chi connectivity index (χ4n) is 5.55. The van der Waals surface area contributed by atoms with E-state index >= 15 is 0 Å². The molecule has 25 heavy (non-hydrogen) atoms. The van der Waals surface area contributed by atoms with Crippen LogP contribution >= 0.6 is 0 Å². The molecule has 1 amide bonds. The highest BCUT2D eigenvalue weighted by atomic mass is 16.6. The minimum absolute atomic E-state index is 0.0754. The van der Waals surface area contributed by atoms with E-state index < -0.39 is 0 Å². The van der Waals surface area contributed by atoms with Crippen LogP contribution in [0.5, 0.6) is 0 Å². The molecule has 0 radical (unpaired) electrons. The molecule has 0 unspecified atom stereocenters. The number of hydrogen-bond donors (Lipinski definition) is 1. The van der Waals surface area contributed by atoms with Crippen LogP contribution in [-0.4, -0.2) is 35.7 Å². The summed E-state index contributed by atoms with van der Waals surface area (Å²) in [6.07, 6.45) is 5.93. The minimum atomic E-state index is -0.294. The topological polar surface area (TPSA) is 41.6 Å². The van der Waals surface area contributed by atoms with Crippen LogP contribution in [0.3, 0.4) is 0 Å². The molecule has 2 aliphatic heterocycles. The Balaban J connectivity index is 1.43. The molecule has 4 rings (SSSR count). The van der Waals surface area contributed by atoms with Gasteiger partial charge in [-0.05, 0) is 82.2 Å². The fourth-order valence-corrected chi connectivity index (χ4v) is 5.55. The molecule has 1 aromatic carbocycles. The fraction of sp³-hybridized carbons (Fsp3) is 0.667. The van der Waals surface area contributed by atoms with Crippen molar-refractivity contribution < 1.29 is 9.53 Å². The molecular weight excluding hydrogens is 312 g/mol. The van der Waals surface area contributed by atoms with E-state index in [2.05, 4.69) is 23.2 Å². The Morgan fingerprint density at radius 3 is 2.68 bits per heavy atom. The summed E-state index contributed by atoms with van der Waals surface area (Å²) >= 11 is 0. The number of hydrogen-bond acceptors (Lipinski definition) is 3. The van der Waals surface area contributed by atoms with Crippen molar-refractivity contribution in [3.63, 3.8) is 0 Å². The van der Waals surface area contributed by atoms with E-state index in [9.17, 15) is 4.79 Å². The average molecular weight is 342 g/mol. The van der Waals surface area contributed by atoms with Gasteiger partial charge in [0.05, 0.1) is 0 Å². The Hall–Kier alpha value is -1.55. The quantitative estimate of drug-likeness (QED) is 0.860. The van der Waals surface area contributed by atoms with Gasteiger partial charge in [-0.1, -0.05) is 12.5 Å². The molecule has 1 saturated carbocycles. The van der Waals surface area contributed by atoms with Gasteiger partial charge in [0.25, 0.3) is 0 Å². The van der Waals surface area contributed by atoms with Crippen molar-refractivity contribution in [3.8, 4) is 0 Å². The number of carbonyl (C=O) groups excluding carboxylic acids is 1. The van der Waals surface area contributed by atoms with Gasteiger partial charge in [-0.2, -0.15) is 0 Å². The van der Waals surface area contributed by atoms with Gasteiger partial charge in [0.1, 0.15) is 6.10 Å². The van der Waals surface area contributed by atoms with Gasteiger partial charge in [-0.3, -0.25) is 10.2 Å². The Bertz CT molecular complexity index is 639. The van der Waals surface area contributed by atoms with Crippen LogP contribution in [0.25, 0.3) is 0 Å². The molecule has 0 spiro atoms. The molecule has 136 valence electrons. The lowest BCUT2D eigenvalue weighted by atomic mass is 9.81. The second kappa shape index (κ2) is 6.64. The maximum absolute atomic E-state index is 12.5. The van der Waals surface area contributed by atoms with E-state index in [1.165, 1.54) is 32.2 Å². The van der Waals surface area contributed by atoms with Gasteiger partial charge in [-0.15, -0.1) is 0 Å². The Kier molecular flexibility index (Phi) is 4.48. The van der Waals surface area contributed by atoms with E-state index in [1.807, 2.05) is 26.0 Å². The molecule has 3 fully saturated rings. The zero-order valence-corrected chi connectivity index (χ0v) is 15.6. The van der Waals surface area contributed by atoms with Crippen LogP contribution in [-0.2, 0) is 4.74 Å². The molecular formula is C21H30N2O2. The Labute approximate surface area is 150 Å². The monoisotopic (exact) mass is 342 g/mol. The van der Waals surface area contributed by atoms with Crippen molar-refractivity contribution >= 4 is 11.8 Å². The first-order valence-electron chi connectivity index (χ1n) is 9.83. The lowest BCUT2D eigenvalue weighted by molar-refractivity contribution is -0.00871. The average Bonchev–Trinajstić information content (AvgIpc) is 2.92. The molecule has 4 heteroatoms. The third kappa shape index (κ3) is 3.29. The van der Waals surface area contributed by atoms with Crippen molar-refractivity contribution in [1.29, 1.82) is 0 Å². The van der Waals surface area contributed by atoms with Crippen LogP contribution in [0.15, 0.2) is 18.2 Å². The molecule has 3 aliphatic rings. The maximum atomic E-state index is 12.5. The second-order valence-electron chi connectivity index (χ2n) is 8.38. The minimum Gasteiger partial charge on any atom is -0.446 e. The number of benzene rings is 1. The van der Waals surface area contributed by atoms with E-state index in [1.54, 1.807) is 0 Å². The van der Waals surface area contributed by atoms with Gasteiger partial charge >= 0.3 is 6.09 Å². The molecule has 1 aliphatic carbocycles. The zero-order chi connectivity index (χ0) is 17.6. The Morgan fingerprint density at radius 2 is 1.92 bits per heavy atom. The Morgan fingerprint density at radius 1 is 1.16 bits per heavy atom. The molecule has 4 nitrogen and oxygen atoms in total. The van der Waals surface area contributed by atoms with Crippen LogP contribution in [0.2, 0.25) is 0 Å². The van der Waals surface area contributed by atoms with E-state index in [-0.39, 0.29) is 12.2 Å². The molecule has 1 aromatic rings. The maximum Gasteiger partial charge on any atom is 0.411 e. The first-order valence-corrected chi connectivity index (χ1v) is 9.83. The van der Waals surface area contributed by atoms with Crippen molar-refractivity contribution in [3.05, 3.63) is 29.3 Å². The van der Waals surface area contributed by atoms with Gasteiger partial charge < -0.3 is 4.74 Å².